The summed E-state index contributed by atoms with van der Waals surface area (Å²) in [7, 11) is -8.67. The number of hydrogen-bond acceptors (Lipinski definition) is 7. The molecule has 0 radical (unpaired) electrons. The highest BCUT2D eigenvalue weighted by Gasteiger charge is 2.45. The van der Waals surface area contributed by atoms with Crippen molar-refractivity contribution in [2.24, 2.45) is 0 Å². The van der Waals surface area contributed by atoms with Crippen LogP contribution in [-0.4, -0.2) is 60.8 Å². The van der Waals surface area contributed by atoms with E-state index in [1.807, 2.05) is 43.3 Å². The van der Waals surface area contributed by atoms with E-state index in [0.29, 0.717) is 13.1 Å². The molecule has 0 N–H and O–H groups in total. The zero-order valence-corrected chi connectivity index (χ0v) is 27.5. The minimum Gasteiger partial charge on any atom is -0.748 e. The van der Waals surface area contributed by atoms with E-state index >= 15 is 0 Å². The molecule has 0 unspecified atom stereocenters. The highest BCUT2D eigenvalue weighted by atomic mass is 32.2. The Morgan fingerprint density at radius 3 is 2.25 bits per heavy atom. The van der Waals surface area contributed by atoms with Crippen LogP contribution in [0.15, 0.2) is 78.5 Å². The Hall–Kier alpha value is -3.31. The fraction of sp³-hybridized carbons (Fsp3) is 0.382. The van der Waals surface area contributed by atoms with Crippen LogP contribution in [0, 0.1) is 6.92 Å². The molecule has 0 saturated carbocycles. The second-order valence-electron chi connectivity index (χ2n) is 12.8. The molecule has 0 atom stereocenters. The van der Waals surface area contributed by atoms with Gasteiger partial charge in [0.15, 0.2) is 5.71 Å². The summed E-state index contributed by atoms with van der Waals surface area (Å²) < 4.78 is 70.5. The normalized spacial score (nSPS) is 18.5. The van der Waals surface area contributed by atoms with Crippen molar-refractivity contribution in [3.8, 4) is 0 Å². The first-order valence-electron chi connectivity index (χ1n) is 14.8. The van der Waals surface area contributed by atoms with Crippen LogP contribution in [0.5, 0.6) is 0 Å². The Bertz CT molecular complexity index is 1940. The van der Waals surface area contributed by atoms with Crippen molar-refractivity contribution in [2.45, 2.75) is 58.3 Å². The number of nitrogens with zero attached hydrogens (tertiary/aromatic N) is 2. The van der Waals surface area contributed by atoms with Crippen LogP contribution in [0.4, 0.5) is 11.4 Å². The van der Waals surface area contributed by atoms with Crippen molar-refractivity contribution < 1.29 is 30.5 Å². The highest BCUT2D eigenvalue weighted by Crippen LogP contribution is 2.48. The summed E-state index contributed by atoms with van der Waals surface area (Å²) in [5, 5.41) is 2.24. The monoisotopic (exact) mass is 635 g/mol. The summed E-state index contributed by atoms with van der Waals surface area (Å²) in [5.74, 6) is -0.867. The lowest BCUT2D eigenvalue weighted by atomic mass is 9.79. The van der Waals surface area contributed by atoms with E-state index in [1.54, 1.807) is 0 Å². The molecule has 0 spiro atoms. The molecule has 0 saturated heterocycles. The minimum absolute atomic E-state index is 0.199. The third-order valence-electron chi connectivity index (χ3n) is 8.86. The molecule has 0 aliphatic carbocycles. The molecule has 5 rings (SSSR count). The van der Waals surface area contributed by atoms with Crippen LogP contribution in [0.25, 0.3) is 10.8 Å². The van der Waals surface area contributed by atoms with E-state index in [0.717, 1.165) is 50.2 Å². The van der Waals surface area contributed by atoms with Gasteiger partial charge in [0, 0.05) is 59.0 Å². The van der Waals surface area contributed by atoms with Gasteiger partial charge < -0.3 is 14.0 Å². The van der Waals surface area contributed by atoms with Gasteiger partial charge in [-0.2, -0.15) is 4.58 Å². The predicted octanol–water partition coefficient (Wildman–Crippen LogP) is 5.63. The van der Waals surface area contributed by atoms with E-state index in [2.05, 4.69) is 73.6 Å². The largest absolute Gasteiger partial charge is 0.748 e. The summed E-state index contributed by atoms with van der Waals surface area (Å²) in [4.78, 5) is 2.11. The Kier molecular flexibility index (Phi) is 8.43. The number of anilines is 1. The summed E-state index contributed by atoms with van der Waals surface area (Å²) in [6.07, 6.45) is 6.50. The smallest absolute Gasteiger partial charge is 0.210 e. The Labute approximate surface area is 260 Å². The highest BCUT2D eigenvalue weighted by molar-refractivity contribution is 7.85. The first kappa shape index (κ1) is 32.1. The molecule has 8 nitrogen and oxygen atoms in total. The second-order valence-corrected chi connectivity index (χ2v) is 15.8. The molecule has 0 fully saturated rings. The van der Waals surface area contributed by atoms with Gasteiger partial charge in [0.2, 0.25) is 5.69 Å². The molecule has 2 heterocycles. The third kappa shape index (κ3) is 6.26. The summed E-state index contributed by atoms with van der Waals surface area (Å²) in [5.41, 5.74) is 6.57. The molecule has 3 aromatic carbocycles. The predicted molar refractivity (Wildman–Crippen MR) is 174 cm³/mol. The van der Waals surface area contributed by atoms with Gasteiger partial charge in [-0.25, -0.2) is 16.8 Å². The molecule has 0 aromatic heterocycles. The van der Waals surface area contributed by atoms with Gasteiger partial charge in [0.25, 0.3) is 0 Å². The number of hydrogen-bond donors (Lipinski definition) is 0. The molecule has 2 aliphatic heterocycles. The van der Waals surface area contributed by atoms with Crippen molar-refractivity contribution in [1.82, 2.24) is 0 Å². The molecule has 0 bridgehead atoms. The first-order valence-corrected chi connectivity index (χ1v) is 18.0. The SMILES string of the molecule is Cc1ccc2c(c1)C(C)(C)/C(=C/C=C/C1=[N+](CCCS(=O)(=O)[O-])c3ccc4ccccc4c3C1(C)C)N2CCCS(=O)(=O)[O-]. The van der Waals surface area contributed by atoms with Crippen molar-refractivity contribution in [3.05, 3.63) is 95.2 Å². The Balaban J connectivity index is 1.57. The van der Waals surface area contributed by atoms with Gasteiger partial charge in [-0.15, -0.1) is 0 Å². The fourth-order valence-corrected chi connectivity index (χ4v) is 7.80. The van der Waals surface area contributed by atoms with E-state index in [1.165, 1.54) is 0 Å². The number of aryl methyl sites for hydroxylation is 1. The standard InChI is InChI=1S/C34H40N2O6S2/c1-24-15-17-28-27(23-24)33(2,3)30(35(28)19-9-21-43(37,38)39)13-8-14-31-34(4,5)32-26-12-7-6-11-25(26)16-18-29(32)36(31)20-10-22-44(40,41)42/h6-8,11-18,23H,9-10,19-22H2,1-5H3,(H-,37,38,39,40,41,42)/p-1. The van der Waals surface area contributed by atoms with Crippen LogP contribution >= 0.6 is 0 Å². The maximum atomic E-state index is 11.4. The minimum atomic E-state index is -4.34. The van der Waals surface area contributed by atoms with E-state index in [9.17, 15) is 25.9 Å². The quantitative estimate of drug-likeness (QED) is 0.209. The molecule has 0 amide bonds. The number of benzene rings is 3. The molecular formula is C34H39N2O6S2-. The Morgan fingerprint density at radius 1 is 0.864 bits per heavy atom. The number of allylic oxidation sites excluding steroid dienone is 4. The van der Waals surface area contributed by atoms with Gasteiger partial charge in [0.05, 0.1) is 25.7 Å². The lowest BCUT2D eigenvalue weighted by Crippen LogP contribution is -2.29. The van der Waals surface area contributed by atoms with Crippen LogP contribution in [0.2, 0.25) is 0 Å². The molecule has 234 valence electrons. The van der Waals surface area contributed by atoms with Gasteiger partial charge in [-0.3, -0.25) is 0 Å². The molecule has 2 aliphatic rings. The lowest BCUT2D eigenvalue weighted by molar-refractivity contribution is -0.437. The fourth-order valence-electron chi connectivity index (χ4n) is 6.84. The second kappa shape index (κ2) is 11.6. The van der Waals surface area contributed by atoms with Gasteiger partial charge in [0.1, 0.15) is 6.54 Å². The van der Waals surface area contributed by atoms with Crippen LogP contribution < -0.4 is 4.90 Å². The summed E-state index contributed by atoms with van der Waals surface area (Å²) in [6, 6.07) is 18.6. The van der Waals surface area contributed by atoms with Gasteiger partial charge in [-0.1, -0.05) is 61.9 Å². The van der Waals surface area contributed by atoms with E-state index < -0.39 is 37.2 Å². The van der Waals surface area contributed by atoms with Crippen molar-refractivity contribution in [3.63, 3.8) is 0 Å². The van der Waals surface area contributed by atoms with Crippen LogP contribution in [0.1, 0.15) is 57.2 Å². The summed E-state index contributed by atoms with van der Waals surface area (Å²) >= 11 is 0. The number of rotatable bonds is 10. The third-order valence-corrected chi connectivity index (χ3v) is 10.4. The van der Waals surface area contributed by atoms with E-state index in [-0.39, 0.29) is 18.3 Å². The first-order chi connectivity index (χ1) is 20.5. The van der Waals surface area contributed by atoms with Crippen molar-refractivity contribution in [2.75, 3.05) is 29.5 Å². The molecule has 3 aromatic rings. The maximum absolute atomic E-state index is 11.4. The average molecular weight is 636 g/mol. The van der Waals surface area contributed by atoms with Crippen molar-refractivity contribution >= 4 is 48.1 Å². The lowest BCUT2D eigenvalue weighted by Gasteiger charge is -2.27. The number of fused-ring (bicyclic) bond motifs is 4. The average Bonchev–Trinajstić information content (AvgIpc) is 3.26. The molecular weight excluding hydrogens is 597 g/mol. The van der Waals surface area contributed by atoms with E-state index in [4.69, 9.17) is 0 Å². The van der Waals surface area contributed by atoms with Gasteiger partial charge >= 0.3 is 0 Å². The Morgan fingerprint density at radius 2 is 1.55 bits per heavy atom. The molecule has 10 heteroatoms. The zero-order chi connectivity index (χ0) is 32.1. The van der Waals surface area contributed by atoms with Crippen LogP contribution in [0.3, 0.4) is 0 Å². The van der Waals surface area contributed by atoms with Crippen molar-refractivity contribution in [1.29, 1.82) is 0 Å². The zero-order valence-electron chi connectivity index (χ0n) is 25.8. The van der Waals surface area contributed by atoms with Crippen LogP contribution in [-0.2, 0) is 31.1 Å². The molecule has 44 heavy (non-hydrogen) atoms. The topological polar surface area (TPSA) is 121 Å². The summed E-state index contributed by atoms with van der Waals surface area (Å²) in [6.45, 7) is 11.4. The maximum Gasteiger partial charge on any atom is 0.210 e. The van der Waals surface area contributed by atoms with Gasteiger partial charge in [-0.05, 0) is 61.7 Å².